The van der Waals surface area contributed by atoms with Crippen molar-refractivity contribution in [3.63, 3.8) is 0 Å². The Morgan fingerprint density at radius 2 is 1.63 bits per heavy atom. The van der Waals surface area contributed by atoms with Crippen LogP contribution in [0.1, 0.15) is 45.3 Å². The van der Waals surface area contributed by atoms with Gasteiger partial charge in [-0.2, -0.15) is 0 Å². The number of carbonyl (C=O) groups is 2. The Bertz CT molecular complexity index is 998. The van der Waals surface area contributed by atoms with Crippen LogP contribution in [0, 0.1) is 0 Å². The number of benzene rings is 2. The minimum absolute atomic E-state index is 0.209. The number of nitrogens with one attached hydrogen (secondary N) is 2. The maximum absolute atomic E-state index is 12.6. The third-order valence-corrected chi connectivity index (χ3v) is 4.62. The van der Waals surface area contributed by atoms with Crippen LogP contribution in [-0.4, -0.2) is 26.8 Å². The predicted molar refractivity (Wildman–Crippen MR) is 99.7 cm³/mol. The first-order valence-electron chi connectivity index (χ1n) is 8.51. The first-order chi connectivity index (χ1) is 13.1. The van der Waals surface area contributed by atoms with Gasteiger partial charge in [-0.1, -0.05) is 47.1 Å². The van der Waals surface area contributed by atoms with Crippen LogP contribution < -0.4 is 10.9 Å². The summed E-state index contributed by atoms with van der Waals surface area (Å²) in [6.07, 6.45) is 1.96. The molecular formula is C19H16ClN5O2. The first kappa shape index (κ1) is 17.2. The van der Waals surface area contributed by atoms with Gasteiger partial charge in [0.05, 0.1) is 22.0 Å². The largest absolute Gasteiger partial charge is 0.292 e. The molecule has 0 bridgehead atoms. The fourth-order valence-electron chi connectivity index (χ4n) is 2.82. The summed E-state index contributed by atoms with van der Waals surface area (Å²) in [7, 11) is 0. The van der Waals surface area contributed by atoms with Gasteiger partial charge in [-0.05, 0) is 37.1 Å². The second kappa shape index (κ2) is 7.20. The van der Waals surface area contributed by atoms with E-state index in [1.54, 1.807) is 28.9 Å². The number of para-hydroxylation sites is 1. The summed E-state index contributed by atoms with van der Waals surface area (Å²) in [6, 6.07) is 16.1. The highest BCUT2D eigenvalue weighted by Gasteiger charge is 2.34. The normalized spacial score (nSPS) is 13.2. The lowest BCUT2D eigenvalue weighted by atomic mass is 10.2. The van der Waals surface area contributed by atoms with Crippen molar-refractivity contribution in [2.24, 2.45) is 0 Å². The van der Waals surface area contributed by atoms with Crippen molar-refractivity contribution >= 4 is 23.4 Å². The van der Waals surface area contributed by atoms with Crippen molar-refractivity contribution in [1.82, 2.24) is 25.8 Å². The number of amides is 2. The molecule has 1 aliphatic carbocycles. The highest BCUT2D eigenvalue weighted by molar-refractivity contribution is 6.33. The molecule has 1 aromatic heterocycles. The van der Waals surface area contributed by atoms with Crippen molar-refractivity contribution in [3.8, 4) is 5.69 Å². The molecule has 0 atom stereocenters. The third kappa shape index (κ3) is 3.54. The van der Waals surface area contributed by atoms with E-state index in [9.17, 15) is 9.59 Å². The number of carbonyl (C=O) groups excluding carboxylic acids is 2. The molecule has 0 saturated heterocycles. The molecule has 3 aromatic rings. The van der Waals surface area contributed by atoms with Crippen LogP contribution in [0.25, 0.3) is 5.69 Å². The maximum atomic E-state index is 12.6. The zero-order valence-electron chi connectivity index (χ0n) is 14.2. The Balaban J connectivity index is 1.53. The van der Waals surface area contributed by atoms with E-state index in [2.05, 4.69) is 21.2 Å². The zero-order chi connectivity index (χ0) is 18.8. The van der Waals surface area contributed by atoms with Crippen LogP contribution in [0.4, 0.5) is 0 Å². The lowest BCUT2D eigenvalue weighted by Crippen LogP contribution is -2.42. The van der Waals surface area contributed by atoms with Crippen molar-refractivity contribution < 1.29 is 9.59 Å². The molecule has 1 saturated carbocycles. The maximum Gasteiger partial charge on any atom is 0.292 e. The van der Waals surface area contributed by atoms with Gasteiger partial charge in [0, 0.05) is 5.92 Å². The second-order valence-corrected chi connectivity index (χ2v) is 6.64. The van der Waals surface area contributed by atoms with Gasteiger partial charge >= 0.3 is 0 Å². The van der Waals surface area contributed by atoms with Crippen LogP contribution in [0.5, 0.6) is 0 Å². The molecule has 0 spiro atoms. The quantitative estimate of drug-likeness (QED) is 0.680. The Kier molecular flexibility index (Phi) is 4.60. The molecular weight excluding hydrogens is 366 g/mol. The number of rotatable bonds is 4. The van der Waals surface area contributed by atoms with Gasteiger partial charge in [0.1, 0.15) is 0 Å². The summed E-state index contributed by atoms with van der Waals surface area (Å²) in [5.41, 5.74) is 6.85. The smallest absolute Gasteiger partial charge is 0.267 e. The molecule has 2 aromatic carbocycles. The molecule has 27 heavy (non-hydrogen) atoms. The van der Waals surface area contributed by atoms with E-state index in [1.807, 2.05) is 30.3 Å². The molecule has 0 aliphatic heterocycles. The Morgan fingerprint density at radius 3 is 2.33 bits per heavy atom. The summed E-state index contributed by atoms with van der Waals surface area (Å²) >= 11 is 6.00. The molecule has 8 heteroatoms. The van der Waals surface area contributed by atoms with Gasteiger partial charge in [0.25, 0.3) is 11.8 Å². The summed E-state index contributed by atoms with van der Waals surface area (Å²) in [6.45, 7) is 0. The average molecular weight is 382 g/mol. The fraction of sp³-hybridized carbons (Fsp3) is 0.158. The van der Waals surface area contributed by atoms with Crippen LogP contribution in [0.2, 0.25) is 5.02 Å². The van der Waals surface area contributed by atoms with E-state index in [4.69, 9.17) is 11.6 Å². The third-order valence-electron chi connectivity index (χ3n) is 4.29. The minimum Gasteiger partial charge on any atom is -0.267 e. The van der Waals surface area contributed by atoms with Crippen LogP contribution in [0.3, 0.4) is 0 Å². The Morgan fingerprint density at radius 1 is 0.963 bits per heavy atom. The first-order valence-corrected chi connectivity index (χ1v) is 8.89. The Hall–Kier alpha value is -3.19. The molecule has 1 fully saturated rings. The SMILES string of the molecule is O=C(NNC(=O)c1nnn(-c2ccccc2)c1C1CC1)c1ccccc1Cl. The van der Waals surface area contributed by atoms with E-state index in [-0.39, 0.29) is 17.2 Å². The summed E-state index contributed by atoms with van der Waals surface area (Å²) in [5, 5.41) is 8.49. The van der Waals surface area contributed by atoms with E-state index in [0.29, 0.717) is 5.02 Å². The van der Waals surface area contributed by atoms with Gasteiger partial charge in [0.2, 0.25) is 0 Å². The summed E-state index contributed by atoms with van der Waals surface area (Å²) < 4.78 is 1.68. The number of halogens is 1. The highest BCUT2D eigenvalue weighted by atomic mass is 35.5. The fourth-order valence-corrected chi connectivity index (χ4v) is 3.04. The number of aromatic nitrogens is 3. The molecule has 136 valence electrons. The van der Waals surface area contributed by atoms with Gasteiger partial charge in [-0.15, -0.1) is 5.10 Å². The molecule has 1 aliphatic rings. The van der Waals surface area contributed by atoms with Gasteiger partial charge in [-0.3, -0.25) is 20.4 Å². The van der Waals surface area contributed by atoms with Crippen molar-refractivity contribution in [3.05, 3.63) is 76.6 Å². The standard InChI is InChI=1S/C19H16ClN5O2/c20-15-9-5-4-8-14(15)18(26)22-23-19(27)16-17(12-10-11-12)25(24-21-16)13-6-2-1-3-7-13/h1-9,12H,10-11H2,(H,22,26)(H,23,27). The number of hydrogen-bond acceptors (Lipinski definition) is 4. The average Bonchev–Trinajstić information content (AvgIpc) is 3.44. The van der Waals surface area contributed by atoms with Gasteiger partial charge in [-0.25, -0.2) is 4.68 Å². The van der Waals surface area contributed by atoms with Crippen molar-refractivity contribution in [1.29, 1.82) is 0 Å². The molecule has 2 N–H and O–H groups in total. The number of hydrazine groups is 1. The number of hydrogen-bond donors (Lipinski definition) is 2. The van der Waals surface area contributed by atoms with E-state index < -0.39 is 11.8 Å². The van der Waals surface area contributed by atoms with E-state index in [0.717, 1.165) is 24.2 Å². The van der Waals surface area contributed by atoms with E-state index in [1.165, 1.54) is 0 Å². The van der Waals surface area contributed by atoms with Gasteiger partial charge in [0.15, 0.2) is 5.69 Å². The summed E-state index contributed by atoms with van der Waals surface area (Å²) in [4.78, 5) is 24.8. The second-order valence-electron chi connectivity index (χ2n) is 6.23. The summed E-state index contributed by atoms with van der Waals surface area (Å²) in [5.74, 6) is -0.780. The lowest BCUT2D eigenvalue weighted by Gasteiger charge is -2.09. The van der Waals surface area contributed by atoms with E-state index >= 15 is 0 Å². The van der Waals surface area contributed by atoms with Crippen LogP contribution in [0.15, 0.2) is 54.6 Å². The Labute approximate surface area is 160 Å². The molecule has 0 unspecified atom stereocenters. The highest BCUT2D eigenvalue weighted by Crippen LogP contribution is 2.41. The van der Waals surface area contributed by atoms with Crippen molar-refractivity contribution in [2.45, 2.75) is 18.8 Å². The minimum atomic E-state index is -0.514. The molecule has 2 amide bonds. The zero-order valence-corrected chi connectivity index (χ0v) is 15.0. The number of nitrogens with zero attached hydrogens (tertiary/aromatic N) is 3. The molecule has 0 radical (unpaired) electrons. The molecule has 7 nitrogen and oxygen atoms in total. The monoisotopic (exact) mass is 381 g/mol. The molecule has 4 rings (SSSR count). The van der Waals surface area contributed by atoms with Crippen molar-refractivity contribution in [2.75, 3.05) is 0 Å². The lowest BCUT2D eigenvalue weighted by molar-refractivity contribution is 0.0843. The molecule has 1 heterocycles. The van der Waals surface area contributed by atoms with Crippen LogP contribution in [-0.2, 0) is 0 Å². The predicted octanol–water partition coefficient (Wildman–Crippen LogP) is 2.87. The topological polar surface area (TPSA) is 88.9 Å². The van der Waals surface area contributed by atoms with Gasteiger partial charge < -0.3 is 0 Å². The van der Waals surface area contributed by atoms with Crippen LogP contribution >= 0.6 is 11.6 Å².